The highest BCUT2D eigenvalue weighted by Crippen LogP contribution is 2.14. The number of unbranched alkanes of at least 4 members (excludes halogenated alkanes) is 2. The maximum Gasteiger partial charge on any atom is 0.0540 e. The first-order chi connectivity index (χ1) is 8.86. The van der Waals surface area contributed by atoms with Crippen LogP contribution in [0.4, 0.5) is 0 Å². The van der Waals surface area contributed by atoms with Gasteiger partial charge in [-0.05, 0) is 29.9 Å². The summed E-state index contributed by atoms with van der Waals surface area (Å²) in [7, 11) is 0. The van der Waals surface area contributed by atoms with Crippen molar-refractivity contribution in [1.29, 1.82) is 0 Å². The lowest BCUT2D eigenvalue weighted by atomic mass is 10.1. The van der Waals surface area contributed by atoms with Crippen molar-refractivity contribution < 1.29 is 5.11 Å². The Kier molecular flexibility index (Phi) is 8.46. The Balaban J connectivity index is 2.30. The van der Waals surface area contributed by atoms with Crippen molar-refractivity contribution in [2.45, 2.75) is 38.4 Å². The van der Waals surface area contributed by atoms with Crippen LogP contribution in [0.2, 0.25) is 0 Å². The molecule has 0 unspecified atom stereocenters. The molecule has 0 atom stereocenters. The van der Waals surface area contributed by atoms with E-state index in [0.717, 1.165) is 11.3 Å². The second-order valence-corrected chi connectivity index (χ2v) is 5.34. The largest absolute Gasteiger partial charge is 0.395 e. The van der Waals surface area contributed by atoms with Crippen LogP contribution >= 0.6 is 11.8 Å². The van der Waals surface area contributed by atoms with Gasteiger partial charge < -0.3 is 5.11 Å². The van der Waals surface area contributed by atoms with Gasteiger partial charge in [0.05, 0.1) is 6.61 Å². The van der Waals surface area contributed by atoms with E-state index in [1.54, 1.807) is 0 Å². The van der Waals surface area contributed by atoms with E-state index in [1.165, 1.54) is 30.6 Å². The van der Waals surface area contributed by atoms with Crippen LogP contribution in [0.25, 0.3) is 0 Å². The standard InChI is InChI=1S/C16H22OS/c1-2-3-6-13-18-14-16-10-8-15(9-11-16)7-4-5-12-17/h8-11,17H,2-3,5-6,12-14H2,1H3. The van der Waals surface area contributed by atoms with E-state index in [0.29, 0.717) is 6.42 Å². The lowest BCUT2D eigenvalue weighted by Gasteiger charge is -2.01. The third-order valence-corrected chi connectivity index (χ3v) is 3.70. The van der Waals surface area contributed by atoms with Crippen LogP contribution < -0.4 is 0 Å². The van der Waals surface area contributed by atoms with Gasteiger partial charge in [0.15, 0.2) is 0 Å². The molecule has 0 aliphatic rings. The smallest absolute Gasteiger partial charge is 0.0540 e. The van der Waals surface area contributed by atoms with Crippen molar-refractivity contribution in [3.8, 4) is 11.8 Å². The molecule has 1 aromatic rings. The van der Waals surface area contributed by atoms with Crippen LogP contribution in [-0.4, -0.2) is 17.5 Å². The second-order valence-electron chi connectivity index (χ2n) is 4.23. The molecule has 2 heteroatoms. The summed E-state index contributed by atoms with van der Waals surface area (Å²) in [5.41, 5.74) is 2.40. The predicted molar refractivity (Wildman–Crippen MR) is 80.7 cm³/mol. The molecule has 0 aromatic heterocycles. The maximum absolute atomic E-state index is 8.64. The van der Waals surface area contributed by atoms with Crippen LogP contribution in [0.1, 0.15) is 43.7 Å². The van der Waals surface area contributed by atoms with Gasteiger partial charge in [-0.15, -0.1) is 0 Å². The lowest BCUT2D eigenvalue weighted by Crippen LogP contribution is -1.85. The van der Waals surface area contributed by atoms with Gasteiger partial charge >= 0.3 is 0 Å². The van der Waals surface area contributed by atoms with E-state index in [1.807, 2.05) is 11.8 Å². The number of aliphatic hydroxyl groups excluding tert-OH is 1. The first-order valence-electron chi connectivity index (χ1n) is 6.63. The number of aliphatic hydroxyl groups is 1. The molecular formula is C16H22OS. The number of thioether (sulfide) groups is 1. The Hall–Kier alpha value is -0.910. The number of hydrogen-bond acceptors (Lipinski definition) is 2. The zero-order chi connectivity index (χ0) is 13.1. The van der Waals surface area contributed by atoms with Gasteiger partial charge in [-0.25, -0.2) is 0 Å². The fraction of sp³-hybridized carbons (Fsp3) is 0.500. The van der Waals surface area contributed by atoms with Crippen LogP contribution in [0.15, 0.2) is 24.3 Å². The van der Waals surface area contributed by atoms with Crippen LogP contribution in [0.5, 0.6) is 0 Å². The summed E-state index contributed by atoms with van der Waals surface area (Å²) in [6.07, 6.45) is 4.51. The SMILES string of the molecule is CCCCCSCc1ccc(C#CCCO)cc1. The molecule has 1 N–H and O–H groups in total. The first-order valence-corrected chi connectivity index (χ1v) is 7.78. The van der Waals surface area contributed by atoms with Crippen molar-refractivity contribution >= 4 is 11.8 Å². The number of hydrogen-bond donors (Lipinski definition) is 1. The van der Waals surface area contributed by atoms with Crippen molar-refractivity contribution in [1.82, 2.24) is 0 Å². The molecule has 0 saturated carbocycles. The van der Waals surface area contributed by atoms with Gasteiger partial charge in [0.1, 0.15) is 0 Å². The first kappa shape index (κ1) is 15.1. The molecule has 0 saturated heterocycles. The predicted octanol–water partition coefficient (Wildman–Crippen LogP) is 3.84. The van der Waals surface area contributed by atoms with Crippen molar-refractivity contribution in [3.05, 3.63) is 35.4 Å². The van der Waals surface area contributed by atoms with Crippen LogP contribution in [0.3, 0.4) is 0 Å². The van der Waals surface area contributed by atoms with Crippen molar-refractivity contribution in [2.75, 3.05) is 12.4 Å². The minimum absolute atomic E-state index is 0.138. The van der Waals surface area contributed by atoms with E-state index >= 15 is 0 Å². The third kappa shape index (κ3) is 6.74. The number of benzene rings is 1. The fourth-order valence-corrected chi connectivity index (χ4v) is 2.53. The normalized spacial score (nSPS) is 9.89. The summed E-state index contributed by atoms with van der Waals surface area (Å²) in [5, 5.41) is 8.64. The summed E-state index contributed by atoms with van der Waals surface area (Å²) in [6.45, 7) is 2.38. The average Bonchev–Trinajstić information content (AvgIpc) is 2.40. The quantitative estimate of drug-likeness (QED) is 0.595. The van der Waals surface area contributed by atoms with Crippen LogP contribution in [0, 0.1) is 11.8 Å². The zero-order valence-corrected chi connectivity index (χ0v) is 11.9. The highest BCUT2D eigenvalue weighted by Gasteiger charge is 1.94. The molecule has 98 valence electrons. The highest BCUT2D eigenvalue weighted by atomic mass is 32.2. The van der Waals surface area contributed by atoms with E-state index in [2.05, 4.69) is 43.0 Å². The third-order valence-electron chi connectivity index (χ3n) is 2.58. The van der Waals surface area contributed by atoms with Gasteiger partial charge in [-0.2, -0.15) is 11.8 Å². The molecule has 0 amide bonds. The fourth-order valence-electron chi connectivity index (χ4n) is 1.55. The lowest BCUT2D eigenvalue weighted by molar-refractivity contribution is 0.305. The topological polar surface area (TPSA) is 20.2 Å². The molecule has 0 aliphatic carbocycles. The Bertz CT molecular complexity index is 372. The molecule has 0 radical (unpaired) electrons. The van der Waals surface area contributed by atoms with Gasteiger partial charge in [-0.3, -0.25) is 0 Å². The summed E-state index contributed by atoms with van der Waals surface area (Å²) >= 11 is 2.00. The molecule has 0 spiro atoms. The van der Waals surface area contributed by atoms with E-state index in [4.69, 9.17) is 5.11 Å². The zero-order valence-electron chi connectivity index (χ0n) is 11.1. The average molecular weight is 262 g/mol. The summed E-state index contributed by atoms with van der Waals surface area (Å²) < 4.78 is 0. The minimum Gasteiger partial charge on any atom is -0.395 e. The molecule has 0 aliphatic heterocycles. The molecule has 0 fully saturated rings. The summed E-state index contributed by atoms with van der Waals surface area (Å²) in [4.78, 5) is 0. The van der Waals surface area contributed by atoms with Crippen molar-refractivity contribution in [3.63, 3.8) is 0 Å². The minimum atomic E-state index is 0.138. The highest BCUT2D eigenvalue weighted by molar-refractivity contribution is 7.98. The Labute approximate surface area is 115 Å². The van der Waals surface area contributed by atoms with Crippen molar-refractivity contribution in [2.24, 2.45) is 0 Å². The second kappa shape index (κ2) is 10.1. The van der Waals surface area contributed by atoms with Gasteiger partial charge in [0, 0.05) is 17.7 Å². The molecule has 1 aromatic carbocycles. The number of rotatable bonds is 7. The molecule has 1 nitrogen and oxygen atoms in total. The van der Waals surface area contributed by atoms with E-state index in [-0.39, 0.29) is 6.61 Å². The molecular weight excluding hydrogens is 240 g/mol. The molecule has 1 rings (SSSR count). The molecule has 0 heterocycles. The Morgan fingerprint density at radius 1 is 1.17 bits per heavy atom. The van der Waals surface area contributed by atoms with Gasteiger partial charge in [0.25, 0.3) is 0 Å². The van der Waals surface area contributed by atoms with E-state index in [9.17, 15) is 0 Å². The Morgan fingerprint density at radius 2 is 1.94 bits per heavy atom. The van der Waals surface area contributed by atoms with Crippen LogP contribution in [-0.2, 0) is 5.75 Å². The van der Waals surface area contributed by atoms with Gasteiger partial charge in [0.2, 0.25) is 0 Å². The summed E-state index contributed by atoms with van der Waals surface area (Å²) in [6, 6.07) is 8.42. The monoisotopic (exact) mass is 262 g/mol. The Morgan fingerprint density at radius 3 is 2.61 bits per heavy atom. The maximum atomic E-state index is 8.64. The molecule has 0 bridgehead atoms. The summed E-state index contributed by atoms with van der Waals surface area (Å²) in [5.74, 6) is 8.32. The van der Waals surface area contributed by atoms with E-state index < -0.39 is 0 Å². The molecule has 18 heavy (non-hydrogen) atoms. The van der Waals surface area contributed by atoms with Gasteiger partial charge in [-0.1, -0.05) is 43.7 Å².